The average Bonchev–Trinajstić information content (AvgIpc) is 2.65. The maximum absolute atomic E-state index is 12.3. The quantitative estimate of drug-likeness (QED) is 0.532. The van der Waals surface area contributed by atoms with Gasteiger partial charge >= 0.3 is 6.03 Å². The number of ether oxygens (including phenoxy) is 1. The Bertz CT molecular complexity index is 878. The second-order valence-corrected chi connectivity index (χ2v) is 7.83. The van der Waals surface area contributed by atoms with E-state index in [0.717, 1.165) is 0 Å². The zero-order valence-corrected chi connectivity index (χ0v) is 17.4. The van der Waals surface area contributed by atoms with Crippen molar-refractivity contribution in [2.45, 2.75) is 38.8 Å². The highest BCUT2D eigenvalue weighted by Crippen LogP contribution is 2.25. The Labute approximate surface area is 176 Å². The van der Waals surface area contributed by atoms with Crippen molar-refractivity contribution in [3.8, 4) is 11.5 Å². The number of benzene rings is 2. The van der Waals surface area contributed by atoms with Gasteiger partial charge in [0.25, 0.3) is 0 Å². The number of nitrogens with one attached hydrogen (secondary N) is 3. The van der Waals surface area contributed by atoms with Gasteiger partial charge in [-0.3, -0.25) is 9.59 Å². The van der Waals surface area contributed by atoms with Crippen LogP contribution in [0.4, 0.5) is 4.79 Å². The molecule has 2 aromatic carbocycles. The molecule has 8 heteroatoms. The topological polar surface area (TPSA) is 123 Å². The largest absolute Gasteiger partial charge is 0.457 e. The molecule has 0 heterocycles. The molecule has 2 aromatic rings. The molecule has 160 valence electrons. The van der Waals surface area contributed by atoms with Gasteiger partial charge in [0.15, 0.2) is 0 Å². The van der Waals surface area contributed by atoms with E-state index >= 15 is 0 Å². The van der Waals surface area contributed by atoms with E-state index in [9.17, 15) is 14.4 Å². The summed E-state index contributed by atoms with van der Waals surface area (Å²) in [6.07, 6.45) is -0.0828. The molecule has 0 saturated carbocycles. The minimum atomic E-state index is -0.757. The summed E-state index contributed by atoms with van der Waals surface area (Å²) in [6.45, 7) is 5.40. The highest BCUT2D eigenvalue weighted by molar-refractivity contribution is 5.85. The van der Waals surface area contributed by atoms with Crippen molar-refractivity contribution < 1.29 is 19.1 Å². The first-order chi connectivity index (χ1) is 14.1. The van der Waals surface area contributed by atoms with Crippen molar-refractivity contribution >= 4 is 17.8 Å². The van der Waals surface area contributed by atoms with E-state index < -0.39 is 23.5 Å². The van der Waals surface area contributed by atoms with Gasteiger partial charge in [-0.1, -0.05) is 30.3 Å². The van der Waals surface area contributed by atoms with Gasteiger partial charge in [0, 0.05) is 5.54 Å². The van der Waals surface area contributed by atoms with Gasteiger partial charge in [0.2, 0.25) is 11.8 Å². The van der Waals surface area contributed by atoms with E-state index in [-0.39, 0.29) is 18.9 Å². The number of urea groups is 1. The summed E-state index contributed by atoms with van der Waals surface area (Å²) in [5, 5.41) is 7.89. The van der Waals surface area contributed by atoms with Gasteiger partial charge in [-0.25, -0.2) is 4.79 Å². The van der Waals surface area contributed by atoms with Gasteiger partial charge in [0.05, 0.1) is 19.0 Å². The van der Waals surface area contributed by atoms with Gasteiger partial charge in [-0.2, -0.15) is 0 Å². The molecule has 0 spiro atoms. The van der Waals surface area contributed by atoms with E-state index in [1.54, 1.807) is 24.3 Å². The zero-order valence-electron chi connectivity index (χ0n) is 17.4. The third-order valence-electron chi connectivity index (χ3n) is 3.91. The number of carbonyl (C=O) groups is 3. The van der Waals surface area contributed by atoms with Gasteiger partial charge < -0.3 is 26.4 Å². The number of primary amides is 1. The van der Waals surface area contributed by atoms with Crippen LogP contribution >= 0.6 is 0 Å². The summed E-state index contributed by atoms with van der Waals surface area (Å²) < 4.78 is 5.81. The van der Waals surface area contributed by atoms with Crippen LogP contribution in [0.5, 0.6) is 11.5 Å². The molecular formula is C22H28N4O4. The molecular weight excluding hydrogens is 384 g/mol. The third-order valence-corrected chi connectivity index (χ3v) is 3.91. The van der Waals surface area contributed by atoms with Crippen LogP contribution in [0.3, 0.4) is 0 Å². The van der Waals surface area contributed by atoms with Crippen LogP contribution in [0, 0.1) is 0 Å². The maximum atomic E-state index is 12.3. The lowest BCUT2D eigenvalue weighted by molar-refractivity contribution is -0.127. The summed E-state index contributed by atoms with van der Waals surface area (Å²) in [5.41, 5.74) is 5.54. The highest BCUT2D eigenvalue weighted by atomic mass is 16.5. The Hall–Kier alpha value is -3.55. The van der Waals surface area contributed by atoms with Crippen LogP contribution in [-0.2, 0) is 9.59 Å². The van der Waals surface area contributed by atoms with E-state index in [2.05, 4.69) is 16.0 Å². The number of para-hydroxylation sites is 1. The van der Waals surface area contributed by atoms with Crippen molar-refractivity contribution in [2.24, 2.45) is 5.73 Å². The number of carbonyl (C=O) groups excluding carboxylic acids is 3. The molecule has 0 radical (unpaired) electrons. The molecule has 5 N–H and O–H groups in total. The molecule has 0 unspecified atom stereocenters. The number of nitrogens with two attached hydrogens (primary N) is 1. The van der Waals surface area contributed by atoms with Crippen LogP contribution in [0.2, 0.25) is 0 Å². The fraction of sp³-hybridized carbons (Fsp3) is 0.318. The molecule has 4 amide bonds. The lowest BCUT2D eigenvalue weighted by atomic mass is 10.0. The summed E-state index contributed by atoms with van der Waals surface area (Å²) >= 11 is 0. The van der Waals surface area contributed by atoms with Crippen molar-refractivity contribution in [3.63, 3.8) is 0 Å². The van der Waals surface area contributed by atoms with Crippen molar-refractivity contribution in [3.05, 3.63) is 60.2 Å². The Morgan fingerprint density at radius 2 is 1.63 bits per heavy atom. The fourth-order valence-corrected chi connectivity index (χ4v) is 2.74. The Morgan fingerprint density at radius 1 is 0.967 bits per heavy atom. The van der Waals surface area contributed by atoms with Crippen LogP contribution < -0.4 is 26.4 Å². The number of rotatable bonds is 8. The summed E-state index contributed by atoms with van der Waals surface area (Å²) in [6, 6.07) is 14.8. The monoisotopic (exact) mass is 412 g/mol. The number of amides is 4. The lowest BCUT2D eigenvalue weighted by Crippen LogP contribution is -2.46. The second kappa shape index (κ2) is 10.3. The first-order valence-corrected chi connectivity index (χ1v) is 9.59. The van der Waals surface area contributed by atoms with Gasteiger partial charge in [-0.05, 0) is 50.6 Å². The average molecular weight is 412 g/mol. The second-order valence-electron chi connectivity index (χ2n) is 7.83. The molecule has 30 heavy (non-hydrogen) atoms. The predicted octanol–water partition coefficient (Wildman–Crippen LogP) is 2.61. The predicted molar refractivity (Wildman–Crippen MR) is 114 cm³/mol. The zero-order chi connectivity index (χ0) is 22.1. The maximum Gasteiger partial charge on any atom is 0.312 e. The molecule has 0 bridgehead atoms. The normalized spacial score (nSPS) is 11.8. The summed E-state index contributed by atoms with van der Waals surface area (Å²) in [4.78, 5) is 35.7. The number of hydrogen-bond donors (Lipinski definition) is 4. The SMILES string of the molecule is CC(C)(C)NC(=O)CNC(=O)C[C@H](NC(N)=O)c1cccc(Oc2ccccc2)c1. The first kappa shape index (κ1) is 22.7. The molecule has 0 fully saturated rings. The lowest BCUT2D eigenvalue weighted by Gasteiger charge is -2.21. The Morgan fingerprint density at radius 3 is 2.27 bits per heavy atom. The molecule has 0 aliphatic carbocycles. The first-order valence-electron chi connectivity index (χ1n) is 9.59. The van der Waals surface area contributed by atoms with E-state index in [1.807, 2.05) is 51.1 Å². The molecule has 1 atom stereocenters. The van der Waals surface area contributed by atoms with E-state index in [0.29, 0.717) is 17.1 Å². The van der Waals surface area contributed by atoms with Crippen LogP contribution in [-0.4, -0.2) is 29.9 Å². The van der Waals surface area contributed by atoms with Gasteiger partial charge in [-0.15, -0.1) is 0 Å². The van der Waals surface area contributed by atoms with Crippen LogP contribution in [0.25, 0.3) is 0 Å². The molecule has 0 aliphatic heterocycles. The minimum absolute atomic E-state index is 0.0828. The minimum Gasteiger partial charge on any atom is -0.457 e. The van der Waals surface area contributed by atoms with Crippen molar-refractivity contribution in [2.75, 3.05) is 6.54 Å². The summed E-state index contributed by atoms with van der Waals surface area (Å²) in [5.74, 6) is 0.525. The van der Waals surface area contributed by atoms with Crippen molar-refractivity contribution in [1.82, 2.24) is 16.0 Å². The third kappa shape index (κ3) is 8.22. The van der Waals surface area contributed by atoms with Crippen LogP contribution in [0.15, 0.2) is 54.6 Å². The molecule has 0 aromatic heterocycles. The fourth-order valence-electron chi connectivity index (χ4n) is 2.74. The molecule has 0 aliphatic rings. The van der Waals surface area contributed by atoms with Crippen molar-refractivity contribution in [1.29, 1.82) is 0 Å². The Kier molecular flexibility index (Phi) is 7.80. The Balaban J connectivity index is 2.04. The molecule has 8 nitrogen and oxygen atoms in total. The smallest absolute Gasteiger partial charge is 0.312 e. The van der Waals surface area contributed by atoms with E-state index in [1.165, 1.54) is 0 Å². The number of hydrogen-bond acceptors (Lipinski definition) is 4. The highest BCUT2D eigenvalue weighted by Gasteiger charge is 2.20. The van der Waals surface area contributed by atoms with Crippen LogP contribution in [0.1, 0.15) is 38.8 Å². The standard InChI is InChI=1S/C22H28N4O4/c1-22(2,3)26-20(28)14-24-19(27)13-18(25-21(23)29)15-8-7-11-17(12-15)30-16-9-5-4-6-10-16/h4-12,18H,13-14H2,1-3H3,(H,24,27)(H,26,28)(H3,23,25,29)/t18-/m0/s1. The summed E-state index contributed by atoms with van der Waals surface area (Å²) in [7, 11) is 0. The van der Waals surface area contributed by atoms with Gasteiger partial charge in [0.1, 0.15) is 11.5 Å². The molecule has 0 saturated heterocycles. The van der Waals surface area contributed by atoms with E-state index in [4.69, 9.17) is 10.5 Å². The molecule has 2 rings (SSSR count).